The maximum atomic E-state index is 13.0. The smallest absolute Gasteiger partial charge is 0.223 e. The molecule has 9 heteroatoms. The average molecular weight is 354 g/mol. The zero-order chi connectivity index (χ0) is 14.5. The van der Waals surface area contributed by atoms with Gasteiger partial charge in [-0.1, -0.05) is 0 Å². The molecule has 1 heterocycles. The van der Waals surface area contributed by atoms with Crippen LogP contribution in [0.2, 0.25) is 0 Å². The molecule has 1 aromatic rings. The van der Waals surface area contributed by atoms with Crippen LogP contribution in [-0.2, 0) is 0 Å². The van der Waals surface area contributed by atoms with E-state index in [0.29, 0.717) is 0 Å². The first-order chi connectivity index (χ1) is 9.54. The predicted molar refractivity (Wildman–Crippen MR) is 89.2 cm³/mol. The third-order valence-corrected chi connectivity index (χ3v) is 3.00. The fraction of sp³-hybridized carbons (Fsp3) is 0.385. The van der Waals surface area contributed by atoms with Crippen molar-refractivity contribution in [3.63, 3.8) is 0 Å². The number of hydrogen-bond acceptors (Lipinski definition) is 1. The normalized spacial score (nSPS) is 15.8. The Morgan fingerprint density at radius 1 is 0.955 bits per heavy atom. The zero-order valence-electron chi connectivity index (χ0n) is 11.8. The maximum absolute atomic E-state index is 13.0. The molecule has 22 heavy (non-hydrogen) atoms. The van der Waals surface area contributed by atoms with Crippen molar-refractivity contribution in [1.29, 1.82) is 0 Å². The van der Waals surface area contributed by atoms with E-state index in [2.05, 4.69) is 9.98 Å². The standard InChI is InChI=1S/C13H17F2N5.2ClH/c14-9-6-10(15)8-11(7-9)18-12(16)19-13(17)20-4-2-1-3-5-20;;/h6-8H,1-5H2,(H4,16,17,18,19);2*1H. The molecule has 0 unspecified atom stereocenters. The topological polar surface area (TPSA) is 80.0 Å². The molecule has 1 saturated heterocycles. The molecule has 0 radical (unpaired) electrons. The van der Waals surface area contributed by atoms with Gasteiger partial charge in [0, 0.05) is 19.2 Å². The molecule has 5 nitrogen and oxygen atoms in total. The van der Waals surface area contributed by atoms with Crippen molar-refractivity contribution in [3.8, 4) is 0 Å². The summed E-state index contributed by atoms with van der Waals surface area (Å²) in [6.45, 7) is 1.66. The van der Waals surface area contributed by atoms with Crippen LogP contribution >= 0.6 is 24.8 Å². The minimum Gasteiger partial charge on any atom is -0.369 e. The van der Waals surface area contributed by atoms with E-state index < -0.39 is 11.6 Å². The van der Waals surface area contributed by atoms with Gasteiger partial charge in [0.15, 0.2) is 5.96 Å². The van der Waals surface area contributed by atoms with Crippen LogP contribution in [0.3, 0.4) is 0 Å². The van der Waals surface area contributed by atoms with Crippen LogP contribution in [0.1, 0.15) is 19.3 Å². The highest BCUT2D eigenvalue weighted by Crippen LogP contribution is 2.16. The largest absolute Gasteiger partial charge is 0.369 e. The van der Waals surface area contributed by atoms with Crippen LogP contribution in [0, 0.1) is 11.6 Å². The Hall–Kier alpha value is -1.60. The molecular formula is C13H19Cl2F2N5. The number of nitrogens with zero attached hydrogens (tertiary/aromatic N) is 3. The van der Waals surface area contributed by atoms with Crippen molar-refractivity contribution in [1.82, 2.24) is 4.90 Å². The number of guanidine groups is 2. The van der Waals surface area contributed by atoms with E-state index in [1.165, 1.54) is 6.42 Å². The van der Waals surface area contributed by atoms with E-state index in [4.69, 9.17) is 11.5 Å². The molecule has 0 amide bonds. The predicted octanol–water partition coefficient (Wildman–Crippen LogP) is 2.56. The summed E-state index contributed by atoms with van der Waals surface area (Å²) >= 11 is 0. The van der Waals surface area contributed by atoms with Crippen molar-refractivity contribution in [2.75, 3.05) is 13.1 Å². The number of hydrogen-bond donors (Lipinski definition) is 2. The van der Waals surface area contributed by atoms with Gasteiger partial charge in [-0.15, -0.1) is 24.8 Å². The summed E-state index contributed by atoms with van der Waals surface area (Å²) in [6, 6.07) is 2.91. The molecule has 0 aromatic heterocycles. The van der Waals surface area contributed by atoms with Crippen molar-refractivity contribution >= 4 is 42.4 Å². The minimum absolute atomic E-state index is 0. The Morgan fingerprint density at radius 2 is 1.50 bits per heavy atom. The Morgan fingerprint density at radius 3 is 2.05 bits per heavy atom. The summed E-state index contributed by atoms with van der Waals surface area (Å²) in [6.07, 6.45) is 3.29. The first-order valence-electron chi connectivity index (χ1n) is 6.44. The molecule has 1 aliphatic heterocycles. The van der Waals surface area contributed by atoms with Crippen molar-refractivity contribution < 1.29 is 8.78 Å². The number of rotatable bonds is 1. The van der Waals surface area contributed by atoms with E-state index in [1.54, 1.807) is 0 Å². The van der Waals surface area contributed by atoms with Crippen molar-refractivity contribution in [3.05, 3.63) is 29.8 Å². The second kappa shape index (κ2) is 9.42. The van der Waals surface area contributed by atoms with Crippen LogP contribution in [0.4, 0.5) is 14.5 Å². The molecule has 1 aromatic carbocycles. The molecule has 0 spiro atoms. The van der Waals surface area contributed by atoms with E-state index in [-0.39, 0.29) is 42.4 Å². The Labute approximate surface area is 140 Å². The van der Waals surface area contributed by atoms with Gasteiger partial charge < -0.3 is 16.4 Å². The SMILES string of the molecule is Cl.Cl.NC(=Nc1cc(F)cc(F)c1)/N=C(/N)N1CCCCC1. The lowest BCUT2D eigenvalue weighted by Gasteiger charge is -2.27. The van der Waals surface area contributed by atoms with E-state index >= 15 is 0 Å². The molecule has 0 saturated carbocycles. The highest BCUT2D eigenvalue weighted by atomic mass is 35.5. The molecule has 0 aliphatic carbocycles. The first kappa shape index (κ1) is 20.4. The highest BCUT2D eigenvalue weighted by Gasteiger charge is 2.12. The molecule has 124 valence electrons. The summed E-state index contributed by atoms with van der Waals surface area (Å²) < 4.78 is 26.0. The summed E-state index contributed by atoms with van der Waals surface area (Å²) in [5.74, 6) is -1.28. The third kappa shape index (κ3) is 6.03. The summed E-state index contributed by atoms with van der Waals surface area (Å²) in [5, 5.41) is 0. The van der Waals surface area contributed by atoms with Gasteiger partial charge >= 0.3 is 0 Å². The number of halogens is 4. The van der Waals surface area contributed by atoms with Crippen LogP contribution in [-0.4, -0.2) is 29.9 Å². The quantitative estimate of drug-likeness (QED) is 0.601. The van der Waals surface area contributed by atoms with Crippen LogP contribution in [0.5, 0.6) is 0 Å². The zero-order valence-corrected chi connectivity index (χ0v) is 13.5. The average Bonchev–Trinajstić information content (AvgIpc) is 2.38. The molecule has 4 N–H and O–H groups in total. The fourth-order valence-electron chi connectivity index (χ4n) is 2.07. The molecule has 1 aliphatic rings. The molecular weight excluding hydrogens is 335 g/mol. The van der Waals surface area contributed by atoms with E-state index in [1.807, 2.05) is 4.90 Å². The van der Waals surface area contributed by atoms with Crippen LogP contribution < -0.4 is 11.5 Å². The van der Waals surface area contributed by atoms with Gasteiger partial charge in [0.05, 0.1) is 5.69 Å². The van der Waals surface area contributed by atoms with Gasteiger partial charge in [-0.2, -0.15) is 4.99 Å². The van der Waals surface area contributed by atoms with Gasteiger partial charge in [-0.05, 0) is 31.4 Å². The number of nitrogens with two attached hydrogens (primary N) is 2. The Bertz CT molecular complexity index is 525. The lowest BCUT2D eigenvalue weighted by atomic mass is 10.1. The number of benzene rings is 1. The van der Waals surface area contributed by atoms with E-state index in [9.17, 15) is 8.78 Å². The van der Waals surface area contributed by atoms with Gasteiger partial charge in [0.2, 0.25) is 5.96 Å². The third-order valence-electron chi connectivity index (χ3n) is 3.00. The maximum Gasteiger partial charge on any atom is 0.223 e. The number of piperidine rings is 1. The summed E-state index contributed by atoms with van der Waals surface area (Å²) in [4.78, 5) is 9.71. The second-order valence-electron chi connectivity index (χ2n) is 4.62. The van der Waals surface area contributed by atoms with Crippen molar-refractivity contribution in [2.24, 2.45) is 21.5 Å². The summed E-state index contributed by atoms with van der Waals surface area (Å²) in [7, 11) is 0. The molecule has 0 atom stereocenters. The minimum atomic E-state index is -0.718. The van der Waals surface area contributed by atoms with Crippen LogP contribution in [0.15, 0.2) is 28.2 Å². The lowest BCUT2D eigenvalue weighted by Crippen LogP contribution is -2.41. The number of likely N-dealkylation sites (tertiary alicyclic amines) is 1. The van der Waals surface area contributed by atoms with Gasteiger partial charge in [0.1, 0.15) is 11.6 Å². The van der Waals surface area contributed by atoms with Crippen molar-refractivity contribution in [2.45, 2.75) is 19.3 Å². The first-order valence-corrected chi connectivity index (χ1v) is 6.44. The van der Waals surface area contributed by atoms with Gasteiger partial charge in [-0.25, -0.2) is 13.8 Å². The lowest BCUT2D eigenvalue weighted by molar-refractivity contribution is 0.339. The summed E-state index contributed by atoms with van der Waals surface area (Å²) in [5.41, 5.74) is 11.5. The molecule has 0 bridgehead atoms. The van der Waals surface area contributed by atoms with Crippen LogP contribution in [0.25, 0.3) is 0 Å². The molecule has 1 fully saturated rings. The Balaban J connectivity index is 0.00000220. The van der Waals surface area contributed by atoms with E-state index in [0.717, 1.165) is 44.1 Å². The highest BCUT2D eigenvalue weighted by molar-refractivity contribution is 5.94. The fourth-order valence-corrected chi connectivity index (χ4v) is 2.07. The molecule has 2 rings (SSSR count). The Kier molecular flexibility index (Phi) is 8.74. The number of aliphatic imine (C=N–C) groups is 2. The van der Waals surface area contributed by atoms with Gasteiger partial charge in [0.25, 0.3) is 0 Å². The second-order valence-corrected chi connectivity index (χ2v) is 4.62. The monoisotopic (exact) mass is 353 g/mol. The van der Waals surface area contributed by atoms with Gasteiger partial charge in [-0.3, -0.25) is 0 Å².